The van der Waals surface area contributed by atoms with Crippen LogP contribution in [0.5, 0.6) is 5.75 Å². The standard InChI is InChI=1S/C24H32N6O2/c25-12-20-15-29-24(28-14-19-4-1-2-7-21(19)32-9-8-31)30-23(20)27-13-16-10-17-5-3-6-18(11-16)22(17)26/h1-2,4,7,15-18,22,31H,3,5-6,8-11,13-14,26H2,(H2,27,28,29,30)/t16?,17-,18+,22-. The van der Waals surface area contributed by atoms with Crippen molar-refractivity contribution in [3.63, 3.8) is 0 Å². The third-order valence-electron chi connectivity index (χ3n) is 6.74. The lowest BCUT2D eigenvalue weighted by Gasteiger charge is -2.44. The first-order valence-corrected chi connectivity index (χ1v) is 11.5. The van der Waals surface area contributed by atoms with Crippen LogP contribution in [0.3, 0.4) is 0 Å². The summed E-state index contributed by atoms with van der Waals surface area (Å²) in [6.07, 6.45) is 7.63. The van der Waals surface area contributed by atoms with Gasteiger partial charge in [-0.3, -0.25) is 0 Å². The molecule has 1 heterocycles. The van der Waals surface area contributed by atoms with E-state index in [0.717, 1.165) is 24.9 Å². The minimum atomic E-state index is -0.0377. The second-order valence-corrected chi connectivity index (χ2v) is 8.85. The molecule has 170 valence electrons. The zero-order valence-electron chi connectivity index (χ0n) is 18.3. The molecule has 8 heteroatoms. The Labute approximate surface area is 189 Å². The van der Waals surface area contributed by atoms with Gasteiger partial charge in [-0.2, -0.15) is 10.2 Å². The molecule has 2 fully saturated rings. The van der Waals surface area contributed by atoms with Gasteiger partial charge in [0.25, 0.3) is 0 Å². The maximum absolute atomic E-state index is 9.50. The molecule has 5 N–H and O–H groups in total. The van der Waals surface area contributed by atoms with E-state index in [-0.39, 0.29) is 13.2 Å². The van der Waals surface area contributed by atoms with Gasteiger partial charge in [-0.1, -0.05) is 24.6 Å². The van der Waals surface area contributed by atoms with Gasteiger partial charge in [-0.25, -0.2) is 4.98 Å². The van der Waals surface area contributed by atoms with Crippen molar-refractivity contribution in [1.82, 2.24) is 9.97 Å². The van der Waals surface area contributed by atoms with Crippen LogP contribution >= 0.6 is 0 Å². The van der Waals surface area contributed by atoms with Gasteiger partial charge in [-0.15, -0.1) is 0 Å². The van der Waals surface area contributed by atoms with E-state index in [0.29, 0.717) is 53.4 Å². The summed E-state index contributed by atoms with van der Waals surface area (Å²) in [5, 5.41) is 25.1. The van der Waals surface area contributed by atoms with Gasteiger partial charge in [-0.05, 0) is 49.5 Å². The van der Waals surface area contributed by atoms with Gasteiger partial charge >= 0.3 is 0 Å². The summed E-state index contributed by atoms with van der Waals surface area (Å²) in [5.41, 5.74) is 7.80. The summed E-state index contributed by atoms with van der Waals surface area (Å²) in [7, 11) is 0. The molecule has 32 heavy (non-hydrogen) atoms. The van der Waals surface area contributed by atoms with Crippen molar-refractivity contribution in [2.45, 2.75) is 44.7 Å². The number of ether oxygens (including phenoxy) is 1. The van der Waals surface area contributed by atoms with E-state index >= 15 is 0 Å². The number of nitrogens with zero attached hydrogens (tertiary/aromatic N) is 3. The maximum Gasteiger partial charge on any atom is 0.224 e. The van der Waals surface area contributed by atoms with Gasteiger partial charge in [0.05, 0.1) is 12.8 Å². The van der Waals surface area contributed by atoms with Crippen LogP contribution in [0.2, 0.25) is 0 Å². The normalized spacial score (nSPS) is 24.4. The summed E-state index contributed by atoms with van der Waals surface area (Å²) in [6.45, 7) is 1.47. The van der Waals surface area contributed by atoms with E-state index in [9.17, 15) is 5.26 Å². The highest BCUT2D eigenvalue weighted by Gasteiger charge is 2.37. The minimum absolute atomic E-state index is 0.0377. The number of rotatable bonds is 9. The predicted octanol–water partition coefficient (Wildman–Crippen LogP) is 2.90. The van der Waals surface area contributed by atoms with Crippen molar-refractivity contribution in [3.8, 4) is 11.8 Å². The van der Waals surface area contributed by atoms with Crippen molar-refractivity contribution in [2.75, 3.05) is 30.4 Å². The Morgan fingerprint density at radius 1 is 1.19 bits per heavy atom. The SMILES string of the molecule is N#Cc1cnc(NCc2ccccc2OCCO)nc1NCC1C[C@H]2CCC[C@@H](C1)[C@@H]2N. The van der Waals surface area contributed by atoms with E-state index < -0.39 is 0 Å². The Hall–Kier alpha value is -2.89. The number of hydrogen-bond acceptors (Lipinski definition) is 8. The van der Waals surface area contributed by atoms with Gasteiger partial charge in [0.15, 0.2) is 0 Å². The number of fused-ring (bicyclic) bond motifs is 2. The van der Waals surface area contributed by atoms with Crippen molar-refractivity contribution in [3.05, 3.63) is 41.6 Å². The zero-order valence-corrected chi connectivity index (χ0v) is 18.3. The Kier molecular flexibility index (Phi) is 7.40. The summed E-state index contributed by atoms with van der Waals surface area (Å²) >= 11 is 0. The van der Waals surface area contributed by atoms with E-state index in [1.807, 2.05) is 24.3 Å². The molecule has 0 radical (unpaired) electrons. The Balaban J connectivity index is 1.38. The van der Waals surface area contributed by atoms with Crippen LogP contribution in [0, 0.1) is 29.1 Å². The van der Waals surface area contributed by atoms with Gasteiger partial charge in [0, 0.05) is 24.7 Å². The molecule has 4 rings (SSSR count). The second kappa shape index (κ2) is 10.6. The van der Waals surface area contributed by atoms with Gasteiger partial charge in [0.2, 0.25) is 5.95 Å². The molecule has 2 aromatic rings. The first-order valence-electron chi connectivity index (χ1n) is 11.5. The van der Waals surface area contributed by atoms with Crippen LogP contribution in [-0.4, -0.2) is 40.9 Å². The summed E-state index contributed by atoms with van der Waals surface area (Å²) in [5.74, 6) is 3.53. The lowest BCUT2D eigenvalue weighted by atomic mass is 9.65. The topological polar surface area (TPSA) is 129 Å². The molecule has 0 aliphatic heterocycles. The summed E-state index contributed by atoms with van der Waals surface area (Å²) in [4.78, 5) is 8.85. The molecule has 1 unspecified atom stereocenters. The fraction of sp³-hybridized carbons (Fsp3) is 0.542. The molecule has 0 saturated heterocycles. The number of aromatic nitrogens is 2. The molecular weight excluding hydrogens is 404 g/mol. The lowest BCUT2D eigenvalue weighted by molar-refractivity contribution is 0.112. The van der Waals surface area contributed by atoms with Crippen LogP contribution in [0.1, 0.15) is 43.2 Å². The Morgan fingerprint density at radius 3 is 2.72 bits per heavy atom. The summed E-state index contributed by atoms with van der Waals surface area (Å²) in [6, 6.07) is 10.2. The highest BCUT2D eigenvalue weighted by molar-refractivity contribution is 5.53. The van der Waals surface area contributed by atoms with Crippen molar-refractivity contribution in [1.29, 1.82) is 5.26 Å². The Bertz CT molecular complexity index is 932. The number of nitrogens with one attached hydrogen (secondary N) is 2. The number of benzene rings is 1. The third kappa shape index (κ3) is 5.29. The monoisotopic (exact) mass is 436 g/mol. The van der Waals surface area contributed by atoms with E-state index in [1.54, 1.807) is 6.20 Å². The fourth-order valence-corrected chi connectivity index (χ4v) is 5.13. The zero-order chi connectivity index (χ0) is 22.3. The number of anilines is 2. The molecular formula is C24H32N6O2. The van der Waals surface area contributed by atoms with Crippen LogP contribution in [0.25, 0.3) is 0 Å². The molecule has 2 aliphatic rings. The predicted molar refractivity (Wildman–Crippen MR) is 123 cm³/mol. The van der Waals surface area contributed by atoms with Crippen LogP contribution < -0.4 is 21.1 Å². The second-order valence-electron chi connectivity index (χ2n) is 8.85. The van der Waals surface area contributed by atoms with E-state index in [2.05, 4.69) is 26.7 Å². The first kappa shape index (κ1) is 22.3. The first-order chi connectivity index (χ1) is 15.7. The van der Waals surface area contributed by atoms with Crippen molar-refractivity contribution < 1.29 is 9.84 Å². The average Bonchev–Trinajstić information content (AvgIpc) is 2.81. The van der Waals surface area contributed by atoms with Crippen LogP contribution in [-0.2, 0) is 6.54 Å². The number of para-hydroxylation sites is 1. The molecule has 0 spiro atoms. The van der Waals surface area contributed by atoms with Crippen LogP contribution in [0.15, 0.2) is 30.5 Å². The molecule has 8 nitrogen and oxygen atoms in total. The number of nitrogens with two attached hydrogens (primary N) is 1. The molecule has 1 aromatic carbocycles. The molecule has 2 bridgehead atoms. The van der Waals surface area contributed by atoms with Crippen LogP contribution in [0.4, 0.5) is 11.8 Å². The van der Waals surface area contributed by atoms with Gasteiger partial charge < -0.3 is 26.2 Å². The summed E-state index contributed by atoms with van der Waals surface area (Å²) < 4.78 is 5.58. The smallest absolute Gasteiger partial charge is 0.224 e. The lowest BCUT2D eigenvalue weighted by Crippen LogP contribution is -2.47. The average molecular weight is 437 g/mol. The number of hydrogen-bond donors (Lipinski definition) is 4. The highest BCUT2D eigenvalue weighted by atomic mass is 16.5. The molecule has 1 aromatic heterocycles. The van der Waals surface area contributed by atoms with Gasteiger partial charge in [0.1, 0.15) is 29.8 Å². The number of aliphatic hydroxyl groups is 1. The van der Waals surface area contributed by atoms with E-state index in [4.69, 9.17) is 15.6 Å². The van der Waals surface area contributed by atoms with E-state index in [1.165, 1.54) is 19.3 Å². The fourth-order valence-electron chi connectivity index (χ4n) is 5.13. The third-order valence-corrected chi connectivity index (χ3v) is 6.74. The molecule has 2 saturated carbocycles. The maximum atomic E-state index is 9.50. The quantitative estimate of drug-likeness (QED) is 0.472. The van der Waals surface area contributed by atoms with Crippen molar-refractivity contribution >= 4 is 11.8 Å². The molecule has 2 aliphatic carbocycles. The van der Waals surface area contributed by atoms with Crippen molar-refractivity contribution in [2.24, 2.45) is 23.5 Å². The largest absolute Gasteiger partial charge is 0.491 e. The number of nitriles is 1. The molecule has 4 atom stereocenters. The highest BCUT2D eigenvalue weighted by Crippen LogP contribution is 2.41. The minimum Gasteiger partial charge on any atom is -0.491 e. The Morgan fingerprint density at radius 2 is 1.97 bits per heavy atom. The number of aliphatic hydroxyl groups excluding tert-OH is 1. The molecule has 0 amide bonds.